The van der Waals surface area contributed by atoms with E-state index in [-0.39, 0.29) is 10.6 Å². The number of pyridine rings is 1. The summed E-state index contributed by atoms with van der Waals surface area (Å²) in [6.07, 6.45) is 2.11. The highest BCUT2D eigenvalue weighted by Crippen LogP contribution is 2.16. The Hall–Kier alpha value is -0.970. The minimum atomic E-state index is -3.63. The van der Waals surface area contributed by atoms with Gasteiger partial charge in [0, 0.05) is 25.1 Å². The van der Waals surface area contributed by atoms with E-state index in [1.54, 1.807) is 6.07 Å². The van der Waals surface area contributed by atoms with Crippen LogP contribution in [0.1, 0.15) is 12.1 Å². The molecule has 0 bridgehead atoms. The third-order valence-electron chi connectivity index (χ3n) is 2.17. The Morgan fingerprint density at radius 3 is 2.88 bits per heavy atom. The molecule has 5 nitrogen and oxygen atoms in total. The van der Waals surface area contributed by atoms with Crippen molar-refractivity contribution in [3.63, 3.8) is 0 Å². The van der Waals surface area contributed by atoms with Gasteiger partial charge in [-0.1, -0.05) is 15.9 Å². The van der Waals surface area contributed by atoms with E-state index in [0.717, 1.165) is 5.33 Å². The van der Waals surface area contributed by atoms with Gasteiger partial charge in [-0.2, -0.15) is 5.26 Å². The molecule has 0 radical (unpaired) electrons. The van der Waals surface area contributed by atoms with Gasteiger partial charge in [0.05, 0.1) is 0 Å². The second kappa shape index (κ2) is 6.10. The van der Waals surface area contributed by atoms with Crippen molar-refractivity contribution in [1.29, 1.82) is 5.26 Å². The Labute approximate surface area is 109 Å². The Morgan fingerprint density at radius 2 is 2.29 bits per heavy atom. The number of nitrogens with zero attached hydrogens (tertiary/aromatic N) is 3. The van der Waals surface area contributed by atoms with Crippen LogP contribution in [0, 0.1) is 11.3 Å². The zero-order valence-electron chi connectivity index (χ0n) is 9.30. The van der Waals surface area contributed by atoms with E-state index in [1.807, 2.05) is 0 Å². The van der Waals surface area contributed by atoms with Gasteiger partial charge in [-0.05, 0) is 18.6 Å². The molecule has 1 aromatic rings. The molecule has 0 fully saturated rings. The first kappa shape index (κ1) is 14.1. The lowest BCUT2D eigenvalue weighted by Crippen LogP contribution is -2.29. The minimum absolute atomic E-state index is 0.0421. The minimum Gasteiger partial charge on any atom is -0.244 e. The van der Waals surface area contributed by atoms with Gasteiger partial charge in [0.2, 0.25) is 10.0 Å². The number of rotatable bonds is 5. The second-order valence-corrected chi connectivity index (χ2v) is 6.14. The fourth-order valence-corrected chi connectivity index (χ4v) is 2.80. The molecule has 0 N–H and O–H groups in total. The number of alkyl halides is 1. The molecule has 0 aromatic carbocycles. The van der Waals surface area contributed by atoms with E-state index in [9.17, 15) is 8.42 Å². The smallest absolute Gasteiger partial charge is 0.244 e. The van der Waals surface area contributed by atoms with Crippen LogP contribution in [0.2, 0.25) is 0 Å². The van der Waals surface area contributed by atoms with Crippen molar-refractivity contribution in [2.75, 3.05) is 18.9 Å². The van der Waals surface area contributed by atoms with Gasteiger partial charge in [0.15, 0.2) is 5.69 Å². The van der Waals surface area contributed by atoms with E-state index in [2.05, 4.69) is 20.9 Å². The molecule has 7 heteroatoms. The molecule has 1 aromatic heterocycles. The van der Waals surface area contributed by atoms with Gasteiger partial charge in [0.1, 0.15) is 11.0 Å². The van der Waals surface area contributed by atoms with Crippen molar-refractivity contribution in [1.82, 2.24) is 9.29 Å². The first-order valence-corrected chi connectivity index (χ1v) is 7.47. The number of halogens is 1. The molecule has 0 unspecified atom stereocenters. The van der Waals surface area contributed by atoms with Crippen LogP contribution in [-0.2, 0) is 10.0 Å². The van der Waals surface area contributed by atoms with Gasteiger partial charge in [-0.3, -0.25) is 0 Å². The molecule has 17 heavy (non-hydrogen) atoms. The first-order valence-electron chi connectivity index (χ1n) is 4.91. The average Bonchev–Trinajstić information content (AvgIpc) is 2.35. The number of hydrogen-bond donors (Lipinski definition) is 0. The van der Waals surface area contributed by atoms with E-state index in [4.69, 9.17) is 5.26 Å². The van der Waals surface area contributed by atoms with Crippen LogP contribution in [0.5, 0.6) is 0 Å². The van der Waals surface area contributed by atoms with E-state index >= 15 is 0 Å². The summed E-state index contributed by atoms with van der Waals surface area (Å²) in [6, 6.07) is 4.69. The van der Waals surface area contributed by atoms with Crippen LogP contribution >= 0.6 is 15.9 Å². The highest BCUT2D eigenvalue weighted by Gasteiger charge is 2.23. The lowest BCUT2D eigenvalue weighted by atomic mass is 10.4. The summed E-state index contributed by atoms with van der Waals surface area (Å²) in [4.78, 5) is 3.71. The molecule has 1 rings (SSSR count). The highest BCUT2D eigenvalue weighted by molar-refractivity contribution is 9.09. The SMILES string of the molecule is CN(CCCBr)S(=O)(=O)c1cccnc1C#N. The zero-order valence-corrected chi connectivity index (χ0v) is 11.7. The summed E-state index contributed by atoms with van der Waals surface area (Å²) in [5.74, 6) is 0. The van der Waals surface area contributed by atoms with Crippen LogP contribution in [0.15, 0.2) is 23.2 Å². The van der Waals surface area contributed by atoms with Crippen molar-refractivity contribution >= 4 is 26.0 Å². The van der Waals surface area contributed by atoms with Crippen molar-refractivity contribution in [3.8, 4) is 6.07 Å². The van der Waals surface area contributed by atoms with Crippen molar-refractivity contribution < 1.29 is 8.42 Å². The van der Waals surface area contributed by atoms with E-state index < -0.39 is 10.0 Å². The van der Waals surface area contributed by atoms with Gasteiger partial charge in [-0.15, -0.1) is 0 Å². The summed E-state index contributed by atoms with van der Waals surface area (Å²) in [7, 11) is -2.13. The molecule has 0 aliphatic carbocycles. The molecule has 92 valence electrons. The summed E-state index contributed by atoms with van der Waals surface area (Å²) in [5.41, 5.74) is -0.0711. The third kappa shape index (κ3) is 3.25. The number of aromatic nitrogens is 1. The maximum Gasteiger partial charge on any atom is 0.245 e. The zero-order chi connectivity index (χ0) is 12.9. The third-order valence-corrected chi connectivity index (χ3v) is 4.62. The maximum absolute atomic E-state index is 12.1. The molecular weight excluding hydrogens is 306 g/mol. The molecule has 0 aliphatic rings. The Bertz CT molecular complexity index is 525. The predicted octanol–water partition coefficient (Wildman–Crippen LogP) is 1.36. The lowest BCUT2D eigenvalue weighted by molar-refractivity contribution is 0.469. The van der Waals surface area contributed by atoms with Gasteiger partial charge in [-0.25, -0.2) is 17.7 Å². The Kier molecular flexibility index (Phi) is 5.05. The molecule has 0 amide bonds. The van der Waals surface area contributed by atoms with E-state index in [0.29, 0.717) is 13.0 Å². The predicted molar refractivity (Wildman–Crippen MR) is 67.2 cm³/mol. The van der Waals surface area contributed by atoms with Crippen molar-refractivity contribution in [2.24, 2.45) is 0 Å². The topological polar surface area (TPSA) is 74.1 Å². The molecule has 0 saturated heterocycles. The second-order valence-electron chi connectivity index (χ2n) is 3.33. The fraction of sp³-hybridized carbons (Fsp3) is 0.400. The van der Waals surface area contributed by atoms with Gasteiger partial charge < -0.3 is 0 Å². The molecule has 0 aliphatic heterocycles. The quantitative estimate of drug-likeness (QED) is 0.768. The molecule has 0 atom stereocenters. The fourth-order valence-electron chi connectivity index (χ4n) is 1.25. The van der Waals surface area contributed by atoms with Crippen LogP contribution in [0.25, 0.3) is 0 Å². The molecule has 0 saturated carbocycles. The number of nitriles is 1. The summed E-state index contributed by atoms with van der Waals surface area (Å²) < 4.78 is 25.5. The van der Waals surface area contributed by atoms with E-state index in [1.165, 1.54) is 29.7 Å². The monoisotopic (exact) mass is 317 g/mol. The van der Waals surface area contributed by atoms with Crippen LogP contribution in [0.4, 0.5) is 0 Å². The largest absolute Gasteiger partial charge is 0.245 e. The average molecular weight is 318 g/mol. The first-order chi connectivity index (χ1) is 8.04. The summed E-state index contributed by atoms with van der Waals surface area (Å²) >= 11 is 3.24. The lowest BCUT2D eigenvalue weighted by Gasteiger charge is -2.16. The summed E-state index contributed by atoms with van der Waals surface area (Å²) in [6.45, 7) is 0.396. The number of hydrogen-bond acceptors (Lipinski definition) is 4. The maximum atomic E-state index is 12.1. The summed E-state index contributed by atoms with van der Waals surface area (Å²) in [5, 5.41) is 9.56. The van der Waals surface area contributed by atoms with Crippen LogP contribution in [0.3, 0.4) is 0 Å². The van der Waals surface area contributed by atoms with Crippen LogP contribution < -0.4 is 0 Å². The van der Waals surface area contributed by atoms with Crippen molar-refractivity contribution in [2.45, 2.75) is 11.3 Å². The Balaban J connectivity index is 3.10. The molecular formula is C10H12BrN3O2S. The van der Waals surface area contributed by atoms with Crippen molar-refractivity contribution in [3.05, 3.63) is 24.0 Å². The molecule has 0 spiro atoms. The van der Waals surface area contributed by atoms with Gasteiger partial charge >= 0.3 is 0 Å². The highest BCUT2D eigenvalue weighted by atomic mass is 79.9. The molecule has 1 heterocycles. The number of sulfonamides is 1. The Morgan fingerprint density at radius 1 is 1.59 bits per heavy atom. The van der Waals surface area contributed by atoms with Crippen LogP contribution in [-0.4, -0.2) is 36.6 Å². The van der Waals surface area contributed by atoms with Gasteiger partial charge in [0.25, 0.3) is 0 Å². The standard InChI is InChI=1S/C10H12BrN3O2S/c1-14(7-3-5-11)17(15,16)10-4-2-6-13-9(10)8-12/h2,4,6H,3,5,7H2,1H3. The normalized spacial score (nSPS) is 11.4.